The third-order valence-electron chi connectivity index (χ3n) is 2.24. The minimum absolute atomic E-state index is 0.353. The van der Waals surface area contributed by atoms with Gasteiger partial charge in [-0.05, 0) is 31.5 Å². The first-order chi connectivity index (χ1) is 8.13. The van der Waals surface area contributed by atoms with Crippen molar-refractivity contribution in [1.82, 2.24) is 5.32 Å². The van der Waals surface area contributed by atoms with Crippen molar-refractivity contribution < 1.29 is 9.84 Å². The normalized spacial score (nSPS) is 12.5. The van der Waals surface area contributed by atoms with Crippen molar-refractivity contribution in [2.24, 2.45) is 0 Å². The predicted molar refractivity (Wildman–Crippen MR) is 70.6 cm³/mol. The number of nitrogens with one attached hydrogen (secondary N) is 1. The molecule has 1 aromatic carbocycles. The van der Waals surface area contributed by atoms with Gasteiger partial charge in [-0.1, -0.05) is 18.5 Å². The molecule has 0 aliphatic carbocycles. The summed E-state index contributed by atoms with van der Waals surface area (Å²) in [6, 6.07) is 5.60. The van der Waals surface area contributed by atoms with Crippen LogP contribution in [0.5, 0.6) is 5.75 Å². The van der Waals surface area contributed by atoms with Gasteiger partial charge in [0.2, 0.25) is 0 Å². The molecule has 1 atom stereocenters. The molecule has 0 aliphatic heterocycles. The third-order valence-corrected chi connectivity index (χ3v) is 2.47. The summed E-state index contributed by atoms with van der Waals surface area (Å²) in [5.41, 5.74) is 1.02. The summed E-state index contributed by atoms with van der Waals surface area (Å²) < 4.78 is 5.64. The first kappa shape index (κ1) is 14.3. The largest absolute Gasteiger partial charge is 0.493 e. The summed E-state index contributed by atoms with van der Waals surface area (Å²) in [6.45, 7) is 5.72. The summed E-state index contributed by atoms with van der Waals surface area (Å²) in [4.78, 5) is 0. The second-order valence-corrected chi connectivity index (χ2v) is 4.52. The van der Waals surface area contributed by atoms with Crippen LogP contribution in [0.3, 0.4) is 0 Å². The average Bonchev–Trinajstić information content (AvgIpc) is 2.27. The second kappa shape index (κ2) is 7.54. The van der Waals surface area contributed by atoms with Crippen molar-refractivity contribution in [2.75, 3.05) is 13.2 Å². The van der Waals surface area contributed by atoms with Gasteiger partial charge in [0.15, 0.2) is 0 Å². The molecule has 0 radical (unpaired) electrons. The zero-order valence-electron chi connectivity index (χ0n) is 10.4. The lowest BCUT2D eigenvalue weighted by molar-refractivity contribution is 0.190. The molecule has 3 nitrogen and oxygen atoms in total. The number of aliphatic hydroxyl groups is 1. The smallest absolute Gasteiger partial charge is 0.123 e. The van der Waals surface area contributed by atoms with Gasteiger partial charge >= 0.3 is 0 Å². The molecule has 0 aromatic heterocycles. The molecule has 0 bridgehead atoms. The van der Waals surface area contributed by atoms with E-state index in [0.717, 1.165) is 17.7 Å². The Labute approximate surface area is 108 Å². The summed E-state index contributed by atoms with van der Waals surface area (Å²) in [6.07, 6.45) is 0.623. The summed E-state index contributed by atoms with van der Waals surface area (Å²) in [5, 5.41) is 13.0. The molecular weight excluding hydrogens is 238 g/mol. The molecule has 0 saturated heterocycles. The Kier molecular flexibility index (Phi) is 6.34. The van der Waals surface area contributed by atoms with Crippen LogP contribution in [-0.2, 0) is 6.54 Å². The fourth-order valence-electron chi connectivity index (χ4n) is 1.45. The molecule has 0 amide bonds. The minimum Gasteiger partial charge on any atom is -0.493 e. The maximum absolute atomic E-state index is 9.18. The SMILES string of the molecule is CCCOc1ccc(Cl)cc1CNC[C@@H](C)O. The molecule has 0 fully saturated rings. The van der Waals surface area contributed by atoms with E-state index in [-0.39, 0.29) is 6.10 Å². The Hall–Kier alpha value is -0.770. The molecule has 96 valence electrons. The van der Waals surface area contributed by atoms with Crippen molar-refractivity contribution in [1.29, 1.82) is 0 Å². The molecule has 0 saturated carbocycles. The zero-order chi connectivity index (χ0) is 12.7. The number of rotatable bonds is 7. The van der Waals surface area contributed by atoms with Crippen molar-refractivity contribution in [2.45, 2.75) is 32.9 Å². The van der Waals surface area contributed by atoms with E-state index < -0.39 is 0 Å². The predicted octanol–water partition coefficient (Wildman–Crippen LogP) is 2.60. The monoisotopic (exact) mass is 257 g/mol. The molecule has 0 spiro atoms. The van der Waals surface area contributed by atoms with Crippen molar-refractivity contribution in [3.05, 3.63) is 28.8 Å². The van der Waals surface area contributed by atoms with E-state index in [0.29, 0.717) is 24.7 Å². The zero-order valence-corrected chi connectivity index (χ0v) is 11.1. The van der Waals surface area contributed by atoms with E-state index in [1.54, 1.807) is 6.92 Å². The van der Waals surface area contributed by atoms with Crippen LogP contribution < -0.4 is 10.1 Å². The quantitative estimate of drug-likeness (QED) is 0.789. The summed E-state index contributed by atoms with van der Waals surface area (Å²) in [5.74, 6) is 0.856. The van der Waals surface area contributed by atoms with Gasteiger partial charge in [-0.15, -0.1) is 0 Å². The molecule has 4 heteroatoms. The minimum atomic E-state index is -0.353. The van der Waals surface area contributed by atoms with Gasteiger partial charge in [-0.2, -0.15) is 0 Å². The van der Waals surface area contributed by atoms with E-state index in [2.05, 4.69) is 12.2 Å². The Morgan fingerprint density at radius 2 is 2.24 bits per heavy atom. The van der Waals surface area contributed by atoms with Crippen LogP contribution in [0.4, 0.5) is 0 Å². The van der Waals surface area contributed by atoms with E-state index >= 15 is 0 Å². The van der Waals surface area contributed by atoms with E-state index in [1.165, 1.54) is 0 Å². The average molecular weight is 258 g/mol. The lowest BCUT2D eigenvalue weighted by atomic mass is 10.2. The topological polar surface area (TPSA) is 41.5 Å². The van der Waals surface area contributed by atoms with Crippen LogP contribution in [0.15, 0.2) is 18.2 Å². The highest BCUT2D eigenvalue weighted by Gasteiger charge is 2.05. The molecule has 0 unspecified atom stereocenters. The highest BCUT2D eigenvalue weighted by molar-refractivity contribution is 6.30. The Balaban J connectivity index is 2.62. The lowest BCUT2D eigenvalue weighted by Crippen LogP contribution is -2.24. The molecule has 1 rings (SSSR count). The molecule has 0 aliphatic rings. The highest BCUT2D eigenvalue weighted by Crippen LogP contribution is 2.23. The number of hydrogen-bond acceptors (Lipinski definition) is 3. The number of ether oxygens (including phenoxy) is 1. The van der Waals surface area contributed by atoms with Gasteiger partial charge in [0.05, 0.1) is 12.7 Å². The fraction of sp³-hybridized carbons (Fsp3) is 0.538. The Bertz CT molecular complexity index is 342. The van der Waals surface area contributed by atoms with E-state index in [9.17, 15) is 5.11 Å². The van der Waals surface area contributed by atoms with Crippen LogP contribution in [-0.4, -0.2) is 24.4 Å². The first-order valence-corrected chi connectivity index (χ1v) is 6.31. The molecule has 17 heavy (non-hydrogen) atoms. The van der Waals surface area contributed by atoms with Gasteiger partial charge in [0.25, 0.3) is 0 Å². The van der Waals surface area contributed by atoms with Crippen molar-refractivity contribution in [3.63, 3.8) is 0 Å². The van der Waals surface area contributed by atoms with Gasteiger partial charge in [0, 0.05) is 23.7 Å². The van der Waals surface area contributed by atoms with Gasteiger partial charge < -0.3 is 15.2 Å². The maximum Gasteiger partial charge on any atom is 0.123 e. The van der Waals surface area contributed by atoms with Gasteiger partial charge in [0.1, 0.15) is 5.75 Å². The number of benzene rings is 1. The van der Waals surface area contributed by atoms with Crippen molar-refractivity contribution >= 4 is 11.6 Å². The van der Waals surface area contributed by atoms with Crippen LogP contribution >= 0.6 is 11.6 Å². The van der Waals surface area contributed by atoms with Crippen LogP contribution in [0.2, 0.25) is 5.02 Å². The van der Waals surface area contributed by atoms with E-state index in [4.69, 9.17) is 16.3 Å². The van der Waals surface area contributed by atoms with E-state index in [1.807, 2.05) is 18.2 Å². The Morgan fingerprint density at radius 3 is 2.88 bits per heavy atom. The third kappa shape index (κ3) is 5.39. The molecule has 0 heterocycles. The highest BCUT2D eigenvalue weighted by atomic mass is 35.5. The van der Waals surface area contributed by atoms with Crippen LogP contribution in [0, 0.1) is 0 Å². The van der Waals surface area contributed by atoms with Crippen LogP contribution in [0.1, 0.15) is 25.8 Å². The number of hydrogen-bond donors (Lipinski definition) is 2. The summed E-state index contributed by atoms with van der Waals surface area (Å²) >= 11 is 5.96. The fourth-order valence-corrected chi connectivity index (χ4v) is 1.65. The van der Waals surface area contributed by atoms with Gasteiger partial charge in [-0.3, -0.25) is 0 Å². The lowest BCUT2D eigenvalue weighted by Gasteiger charge is -2.13. The van der Waals surface area contributed by atoms with Crippen LogP contribution in [0.25, 0.3) is 0 Å². The number of aliphatic hydroxyl groups excluding tert-OH is 1. The molecular formula is C13H20ClNO2. The summed E-state index contributed by atoms with van der Waals surface area (Å²) in [7, 11) is 0. The molecule has 2 N–H and O–H groups in total. The molecule has 1 aromatic rings. The Morgan fingerprint density at radius 1 is 1.47 bits per heavy atom. The number of halogens is 1. The second-order valence-electron chi connectivity index (χ2n) is 4.08. The van der Waals surface area contributed by atoms with Crippen molar-refractivity contribution in [3.8, 4) is 5.75 Å². The first-order valence-electron chi connectivity index (χ1n) is 5.93. The van der Waals surface area contributed by atoms with Gasteiger partial charge in [-0.25, -0.2) is 0 Å². The standard InChI is InChI=1S/C13H20ClNO2/c1-3-6-17-13-5-4-12(14)7-11(13)9-15-8-10(2)16/h4-5,7,10,15-16H,3,6,8-9H2,1-2H3/t10-/m1/s1. The maximum atomic E-state index is 9.18.